The van der Waals surface area contributed by atoms with Crippen LogP contribution in [0.3, 0.4) is 0 Å². The smallest absolute Gasteiger partial charge is 0.243 e. The Bertz CT molecular complexity index is 1000. The first kappa shape index (κ1) is 22.4. The van der Waals surface area contributed by atoms with Gasteiger partial charge in [0.2, 0.25) is 15.9 Å². The van der Waals surface area contributed by atoms with Crippen molar-refractivity contribution < 1.29 is 27.5 Å². The molecule has 0 atom stereocenters. The normalized spacial score (nSPS) is 11.2. The molecule has 0 spiro atoms. The largest absolute Gasteiger partial charge is 0.493 e. The van der Waals surface area contributed by atoms with Crippen molar-refractivity contribution in [3.8, 4) is 11.5 Å². The molecule has 0 unspecified atom stereocenters. The van der Waals surface area contributed by atoms with Crippen LogP contribution in [-0.2, 0) is 14.8 Å². The number of carbonyl (C=O) groups excluding carboxylic acids is 2. The van der Waals surface area contributed by atoms with Crippen LogP contribution in [0.2, 0.25) is 0 Å². The highest BCUT2D eigenvalue weighted by molar-refractivity contribution is 7.89. The van der Waals surface area contributed by atoms with E-state index in [1.54, 1.807) is 25.2 Å². The maximum Gasteiger partial charge on any atom is 0.243 e. The number of hydrogen-bond donors (Lipinski definition) is 0. The lowest BCUT2D eigenvalue weighted by Gasteiger charge is -2.22. The molecular formula is C20H24N2O6S. The van der Waals surface area contributed by atoms with Crippen LogP contribution in [-0.4, -0.2) is 59.3 Å². The first-order valence-electron chi connectivity index (χ1n) is 8.67. The first-order valence-corrected chi connectivity index (χ1v) is 10.1. The van der Waals surface area contributed by atoms with Gasteiger partial charge in [-0.2, -0.15) is 4.31 Å². The Labute approximate surface area is 170 Å². The summed E-state index contributed by atoms with van der Waals surface area (Å²) < 4.78 is 36.8. The zero-order chi connectivity index (χ0) is 21.8. The van der Waals surface area contributed by atoms with Gasteiger partial charge < -0.3 is 14.4 Å². The number of rotatable bonds is 8. The van der Waals surface area contributed by atoms with E-state index >= 15 is 0 Å². The van der Waals surface area contributed by atoms with E-state index in [1.807, 2.05) is 0 Å². The highest BCUT2D eigenvalue weighted by Gasteiger charge is 2.25. The van der Waals surface area contributed by atoms with Crippen LogP contribution < -0.4 is 14.4 Å². The standard InChI is InChI=1S/C20H24N2O6S/c1-14(23)15-6-9-17(10-7-15)29(25,26)21(2)13-20(24)22(3)16-8-11-18(27-4)19(12-16)28-5/h6-12H,13H2,1-5H3. The molecule has 0 N–H and O–H groups in total. The molecule has 0 saturated carbocycles. The monoisotopic (exact) mass is 420 g/mol. The minimum Gasteiger partial charge on any atom is -0.493 e. The van der Waals surface area contributed by atoms with E-state index in [-0.39, 0.29) is 17.2 Å². The Kier molecular flexibility index (Phi) is 6.99. The van der Waals surface area contributed by atoms with Crippen molar-refractivity contribution in [3.63, 3.8) is 0 Å². The van der Waals surface area contributed by atoms with Crippen LogP contribution in [0.25, 0.3) is 0 Å². The van der Waals surface area contributed by atoms with E-state index in [0.29, 0.717) is 22.7 Å². The van der Waals surface area contributed by atoms with Crippen molar-refractivity contribution in [2.45, 2.75) is 11.8 Å². The number of amides is 1. The minimum atomic E-state index is -3.89. The third-order valence-corrected chi connectivity index (χ3v) is 6.27. The summed E-state index contributed by atoms with van der Waals surface area (Å²) >= 11 is 0. The van der Waals surface area contributed by atoms with E-state index in [1.165, 1.54) is 57.4 Å². The summed E-state index contributed by atoms with van der Waals surface area (Å²) in [6.07, 6.45) is 0. The number of methoxy groups -OCH3 is 2. The van der Waals surface area contributed by atoms with E-state index < -0.39 is 15.9 Å². The Morgan fingerprint density at radius 2 is 1.52 bits per heavy atom. The molecule has 0 saturated heterocycles. The van der Waals surface area contributed by atoms with Gasteiger partial charge in [0.05, 0.1) is 25.7 Å². The van der Waals surface area contributed by atoms with Gasteiger partial charge in [0.15, 0.2) is 17.3 Å². The number of carbonyl (C=O) groups is 2. The maximum absolute atomic E-state index is 12.7. The minimum absolute atomic E-state index is 0.00608. The second-order valence-corrected chi connectivity index (χ2v) is 8.38. The van der Waals surface area contributed by atoms with E-state index in [2.05, 4.69) is 0 Å². The molecular weight excluding hydrogens is 396 g/mol. The van der Waals surface area contributed by atoms with Crippen molar-refractivity contribution in [1.29, 1.82) is 0 Å². The zero-order valence-electron chi connectivity index (χ0n) is 17.0. The topological polar surface area (TPSA) is 93.2 Å². The lowest BCUT2D eigenvalue weighted by atomic mass is 10.2. The van der Waals surface area contributed by atoms with Crippen LogP contribution in [0.1, 0.15) is 17.3 Å². The quantitative estimate of drug-likeness (QED) is 0.608. The van der Waals surface area contributed by atoms with Gasteiger partial charge in [-0.3, -0.25) is 9.59 Å². The number of ketones is 1. The Balaban J connectivity index is 2.17. The fraction of sp³-hybridized carbons (Fsp3) is 0.300. The summed E-state index contributed by atoms with van der Waals surface area (Å²) in [5.41, 5.74) is 0.945. The van der Waals surface area contributed by atoms with Gasteiger partial charge in [0, 0.05) is 31.4 Å². The summed E-state index contributed by atoms with van der Waals surface area (Å²) in [6, 6.07) is 10.6. The van der Waals surface area contributed by atoms with Crippen LogP contribution in [0.15, 0.2) is 47.4 Å². The third-order valence-electron chi connectivity index (χ3n) is 4.46. The predicted octanol–water partition coefficient (Wildman–Crippen LogP) is 2.19. The summed E-state index contributed by atoms with van der Waals surface area (Å²) in [6.45, 7) is 1.04. The second kappa shape index (κ2) is 9.06. The predicted molar refractivity (Wildman–Crippen MR) is 109 cm³/mol. The van der Waals surface area contributed by atoms with E-state index in [9.17, 15) is 18.0 Å². The fourth-order valence-corrected chi connectivity index (χ4v) is 3.72. The molecule has 0 aliphatic heterocycles. The molecule has 0 aromatic heterocycles. The lowest BCUT2D eigenvalue weighted by molar-refractivity contribution is -0.118. The average molecular weight is 420 g/mol. The third kappa shape index (κ3) is 4.93. The Morgan fingerprint density at radius 3 is 2.03 bits per heavy atom. The number of likely N-dealkylation sites (N-methyl/N-ethyl adjacent to an activating group) is 2. The number of Topliss-reactive ketones (excluding diaryl/α,β-unsaturated/α-hetero) is 1. The van der Waals surface area contributed by atoms with Gasteiger partial charge in [-0.05, 0) is 31.2 Å². The molecule has 156 valence electrons. The Hall–Kier alpha value is -2.91. The molecule has 0 radical (unpaired) electrons. The molecule has 29 heavy (non-hydrogen) atoms. The van der Waals surface area contributed by atoms with Gasteiger partial charge in [-0.1, -0.05) is 12.1 Å². The summed E-state index contributed by atoms with van der Waals surface area (Å²) in [5, 5.41) is 0. The van der Waals surface area contributed by atoms with Crippen LogP contribution in [0.4, 0.5) is 5.69 Å². The van der Waals surface area contributed by atoms with Crippen molar-refractivity contribution >= 4 is 27.4 Å². The SMILES string of the molecule is COc1ccc(N(C)C(=O)CN(C)S(=O)(=O)c2ccc(C(C)=O)cc2)cc1OC. The molecule has 0 fully saturated rings. The molecule has 0 heterocycles. The van der Waals surface area contributed by atoms with Crippen LogP contribution in [0, 0.1) is 0 Å². The van der Waals surface area contributed by atoms with E-state index in [4.69, 9.17) is 9.47 Å². The van der Waals surface area contributed by atoms with Crippen molar-refractivity contribution in [1.82, 2.24) is 4.31 Å². The molecule has 1 amide bonds. The highest BCUT2D eigenvalue weighted by Crippen LogP contribution is 2.31. The maximum atomic E-state index is 12.7. The van der Waals surface area contributed by atoms with Gasteiger partial charge in [-0.25, -0.2) is 8.42 Å². The lowest BCUT2D eigenvalue weighted by Crippen LogP contribution is -2.39. The number of nitrogens with zero attached hydrogens (tertiary/aromatic N) is 2. The van der Waals surface area contributed by atoms with Crippen molar-refractivity contribution in [2.75, 3.05) is 39.8 Å². The number of anilines is 1. The van der Waals surface area contributed by atoms with Crippen LogP contribution in [0.5, 0.6) is 11.5 Å². The van der Waals surface area contributed by atoms with Gasteiger partial charge in [-0.15, -0.1) is 0 Å². The number of hydrogen-bond acceptors (Lipinski definition) is 6. The summed E-state index contributed by atoms with van der Waals surface area (Å²) in [7, 11) is 1.99. The molecule has 0 bridgehead atoms. The molecule has 9 heteroatoms. The number of sulfonamides is 1. The second-order valence-electron chi connectivity index (χ2n) is 6.33. The summed E-state index contributed by atoms with van der Waals surface area (Å²) in [4.78, 5) is 25.3. The first-order chi connectivity index (χ1) is 13.6. The molecule has 2 aromatic rings. The Morgan fingerprint density at radius 1 is 0.931 bits per heavy atom. The molecule has 8 nitrogen and oxygen atoms in total. The highest BCUT2D eigenvalue weighted by atomic mass is 32.2. The molecule has 2 aromatic carbocycles. The fourth-order valence-electron chi connectivity index (χ4n) is 2.60. The van der Waals surface area contributed by atoms with Gasteiger partial charge in [0.25, 0.3) is 0 Å². The number of benzene rings is 2. The van der Waals surface area contributed by atoms with Gasteiger partial charge >= 0.3 is 0 Å². The van der Waals surface area contributed by atoms with Crippen LogP contribution >= 0.6 is 0 Å². The molecule has 2 rings (SSSR count). The van der Waals surface area contributed by atoms with Crippen molar-refractivity contribution in [3.05, 3.63) is 48.0 Å². The van der Waals surface area contributed by atoms with E-state index in [0.717, 1.165) is 4.31 Å². The molecule has 0 aliphatic carbocycles. The van der Waals surface area contributed by atoms with Gasteiger partial charge in [0.1, 0.15) is 0 Å². The molecule has 0 aliphatic rings. The van der Waals surface area contributed by atoms with Crippen molar-refractivity contribution in [2.24, 2.45) is 0 Å². The summed E-state index contributed by atoms with van der Waals surface area (Å²) in [5.74, 6) is 0.389. The number of ether oxygens (including phenoxy) is 2. The zero-order valence-corrected chi connectivity index (χ0v) is 17.8. The average Bonchev–Trinajstić information content (AvgIpc) is 2.72.